The Balaban J connectivity index is 1.33. The van der Waals surface area contributed by atoms with Crippen LogP contribution in [0.4, 0.5) is 5.13 Å². The number of carbonyl (C=O) groups is 1. The average Bonchev–Trinajstić information content (AvgIpc) is 3.32. The SMILES string of the molecule is Cc1cc2nc(CSc3nnc(NC(=O)COc4c(C)cccc4C)s3)cc(=O)n2o1. The number of thioether (sulfide) groups is 1. The molecule has 1 N–H and O–H groups in total. The Hall–Kier alpha value is -3.18. The van der Waals surface area contributed by atoms with Crippen LogP contribution in [0.5, 0.6) is 5.75 Å². The summed E-state index contributed by atoms with van der Waals surface area (Å²) in [6.07, 6.45) is 0. The lowest BCUT2D eigenvalue weighted by Crippen LogP contribution is -2.20. The van der Waals surface area contributed by atoms with E-state index in [9.17, 15) is 9.59 Å². The fourth-order valence-corrected chi connectivity index (χ4v) is 4.58. The second kappa shape index (κ2) is 8.90. The summed E-state index contributed by atoms with van der Waals surface area (Å²) in [5.74, 6) is 1.44. The molecule has 3 aromatic heterocycles. The molecule has 160 valence electrons. The topological polar surface area (TPSA) is 112 Å². The van der Waals surface area contributed by atoms with Crippen LogP contribution in [0.2, 0.25) is 0 Å². The highest BCUT2D eigenvalue weighted by Gasteiger charge is 2.12. The summed E-state index contributed by atoms with van der Waals surface area (Å²) >= 11 is 2.62. The molecule has 0 fully saturated rings. The Bertz CT molecular complexity index is 1290. The van der Waals surface area contributed by atoms with Gasteiger partial charge < -0.3 is 9.26 Å². The van der Waals surface area contributed by atoms with Gasteiger partial charge in [0.25, 0.3) is 11.5 Å². The van der Waals surface area contributed by atoms with Crippen molar-refractivity contribution in [2.24, 2.45) is 0 Å². The normalized spacial score (nSPS) is 11.1. The molecule has 0 saturated carbocycles. The van der Waals surface area contributed by atoms with Crippen molar-refractivity contribution < 1.29 is 14.1 Å². The molecule has 0 aliphatic heterocycles. The number of para-hydroxylation sites is 1. The first kappa shape index (κ1) is 21.1. The summed E-state index contributed by atoms with van der Waals surface area (Å²) in [5.41, 5.74) is 2.75. The number of anilines is 1. The molecule has 0 saturated heterocycles. The average molecular weight is 458 g/mol. The summed E-state index contributed by atoms with van der Waals surface area (Å²) in [4.78, 5) is 28.7. The van der Waals surface area contributed by atoms with Crippen LogP contribution in [0.3, 0.4) is 0 Å². The van der Waals surface area contributed by atoms with Gasteiger partial charge >= 0.3 is 0 Å². The maximum Gasteiger partial charge on any atom is 0.287 e. The quantitative estimate of drug-likeness (QED) is 0.332. The third-order valence-corrected chi connectivity index (χ3v) is 6.28. The molecule has 0 atom stereocenters. The number of fused-ring (bicyclic) bond motifs is 1. The minimum Gasteiger partial charge on any atom is -0.483 e. The number of amides is 1. The first-order chi connectivity index (χ1) is 14.9. The molecule has 0 spiro atoms. The maximum absolute atomic E-state index is 12.2. The highest BCUT2D eigenvalue weighted by atomic mass is 32.2. The van der Waals surface area contributed by atoms with E-state index < -0.39 is 0 Å². The lowest BCUT2D eigenvalue weighted by atomic mass is 10.1. The van der Waals surface area contributed by atoms with Gasteiger partial charge in [-0.1, -0.05) is 41.3 Å². The van der Waals surface area contributed by atoms with Gasteiger partial charge in [0.1, 0.15) is 11.5 Å². The number of aryl methyl sites for hydroxylation is 3. The summed E-state index contributed by atoms with van der Waals surface area (Å²) < 4.78 is 12.7. The molecule has 4 aromatic rings. The fourth-order valence-electron chi connectivity index (χ4n) is 2.92. The highest BCUT2D eigenvalue weighted by Crippen LogP contribution is 2.28. The van der Waals surface area contributed by atoms with Gasteiger partial charge in [-0.2, -0.15) is 0 Å². The molecule has 0 unspecified atom stereocenters. The summed E-state index contributed by atoms with van der Waals surface area (Å²) in [5, 5.41) is 11.1. The number of hydrogen-bond donors (Lipinski definition) is 1. The lowest BCUT2D eigenvalue weighted by molar-refractivity contribution is -0.118. The largest absolute Gasteiger partial charge is 0.483 e. The van der Waals surface area contributed by atoms with E-state index in [0.717, 1.165) is 15.7 Å². The third-order valence-electron chi connectivity index (χ3n) is 4.28. The van der Waals surface area contributed by atoms with Gasteiger partial charge in [0.05, 0.1) is 5.69 Å². The van der Waals surface area contributed by atoms with E-state index in [-0.39, 0.29) is 18.1 Å². The van der Waals surface area contributed by atoms with Crippen molar-refractivity contribution >= 4 is 39.8 Å². The zero-order valence-corrected chi connectivity index (χ0v) is 18.7. The Morgan fingerprint density at radius 1 is 1.23 bits per heavy atom. The fraction of sp³-hybridized carbons (Fsp3) is 0.250. The number of ether oxygens (including phenoxy) is 1. The van der Waals surface area contributed by atoms with Crippen LogP contribution in [0, 0.1) is 20.8 Å². The molecular weight excluding hydrogens is 438 g/mol. The zero-order valence-electron chi connectivity index (χ0n) is 17.0. The number of nitrogens with one attached hydrogen (secondary N) is 1. The molecular formula is C20H19N5O4S2. The van der Waals surface area contributed by atoms with Crippen LogP contribution in [0.15, 0.2) is 44.0 Å². The van der Waals surface area contributed by atoms with Crippen molar-refractivity contribution in [2.75, 3.05) is 11.9 Å². The number of aromatic nitrogens is 4. The van der Waals surface area contributed by atoms with E-state index >= 15 is 0 Å². The summed E-state index contributed by atoms with van der Waals surface area (Å²) in [7, 11) is 0. The van der Waals surface area contributed by atoms with Crippen LogP contribution < -0.4 is 15.6 Å². The van der Waals surface area contributed by atoms with E-state index in [1.54, 1.807) is 13.0 Å². The monoisotopic (exact) mass is 457 g/mol. The predicted octanol–water partition coefficient (Wildman–Crippen LogP) is 3.37. The van der Waals surface area contributed by atoms with E-state index in [0.29, 0.717) is 38.1 Å². The minimum atomic E-state index is -0.314. The number of hydrogen-bond acceptors (Lipinski definition) is 9. The maximum atomic E-state index is 12.2. The van der Waals surface area contributed by atoms with E-state index in [4.69, 9.17) is 9.26 Å². The zero-order chi connectivity index (χ0) is 22.0. The minimum absolute atomic E-state index is 0.119. The number of benzene rings is 1. The molecule has 11 heteroatoms. The van der Waals surface area contributed by atoms with Gasteiger partial charge in [-0.15, -0.1) is 14.8 Å². The third kappa shape index (κ3) is 4.94. The Morgan fingerprint density at radius 2 is 2.00 bits per heavy atom. The summed E-state index contributed by atoms with van der Waals surface area (Å²) in [6, 6.07) is 8.94. The van der Waals surface area contributed by atoms with Crippen LogP contribution in [-0.4, -0.2) is 32.3 Å². The number of nitrogens with zero attached hydrogens (tertiary/aromatic N) is 4. The van der Waals surface area contributed by atoms with Crippen molar-refractivity contribution in [1.82, 2.24) is 19.8 Å². The molecule has 3 heterocycles. The van der Waals surface area contributed by atoms with Crippen LogP contribution in [0.25, 0.3) is 5.65 Å². The number of carbonyl (C=O) groups excluding carboxylic acids is 1. The first-order valence-corrected chi connectivity index (χ1v) is 11.1. The Labute approximate surface area is 185 Å². The van der Waals surface area contributed by atoms with E-state index in [2.05, 4.69) is 20.5 Å². The number of rotatable bonds is 7. The molecule has 0 aliphatic rings. The van der Waals surface area contributed by atoms with E-state index in [1.165, 1.54) is 29.2 Å². The van der Waals surface area contributed by atoms with Gasteiger partial charge in [-0.05, 0) is 31.9 Å². The van der Waals surface area contributed by atoms with Crippen molar-refractivity contribution in [1.29, 1.82) is 0 Å². The smallest absolute Gasteiger partial charge is 0.287 e. The summed E-state index contributed by atoms with van der Waals surface area (Å²) in [6.45, 7) is 5.51. The van der Waals surface area contributed by atoms with Crippen LogP contribution in [0.1, 0.15) is 22.6 Å². The molecule has 31 heavy (non-hydrogen) atoms. The van der Waals surface area contributed by atoms with Crippen molar-refractivity contribution in [2.45, 2.75) is 30.9 Å². The molecule has 1 aromatic carbocycles. The van der Waals surface area contributed by atoms with Gasteiger partial charge in [-0.3, -0.25) is 14.9 Å². The molecule has 0 radical (unpaired) electrons. The Morgan fingerprint density at radius 3 is 2.77 bits per heavy atom. The van der Waals surface area contributed by atoms with Crippen molar-refractivity contribution in [3.8, 4) is 5.75 Å². The van der Waals surface area contributed by atoms with Gasteiger partial charge in [0.2, 0.25) is 5.13 Å². The molecule has 0 aliphatic carbocycles. The predicted molar refractivity (Wildman–Crippen MR) is 118 cm³/mol. The van der Waals surface area contributed by atoms with Gasteiger partial charge in [0.15, 0.2) is 16.6 Å². The standard InChI is InChI=1S/C20H19N5O4S2/c1-11-5-4-6-12(2)18(11)28-9-16(26)22-19-23-24-20(31-19)30-10-14-8-17(27)25-15(21-14)7-13(3)29-25/h4-8H,9-10H2,1-3H3,(H,22,23,26). The molecule has 0 bridgehead atoms. The second-order valence-corrected chi connectivity index (χ2v) is 9.00. The Kier molecular flexibility index (Phi) is 6.05. The van der Waals surface area contributed by atoms with Gasteiger partial charge in [0, 0.05) is 17.9 Å². The van der Waals surface area contributed by atoms with Gasteiger partial charge in [-0.25, -0.2) is 4.98 Å². The molecule has 4 rings (SSSR count). The van der Waals surface area contributed by atoms with Crippen molar-refractivity contribution in [3.05, 3.63) is 63.3 Å². The van der Waals surface area contributed by atoms with Crippen LogP contribution in [-0.2, 0) is 10.5 Å². The second-order valence-electron chi connectivity index (χ2n) is 6.80. The highest BCUT2D eigenvalue weighted by molar-refractivity contribution is 8.00. The molecule has 9 nitrogen and oxygen atoms in total. The van der Waals surface area contributed by atoms with Crippen LogP contribution >= 0.6 is 23.1 Å². The van der Waals surface area contributed by atoms with E-state index in [1.807, 2.05) is 32.0 Å². The lowest BCUT2D eigenvalue weighted by Gasteiger charge is -2.11. The van der Waals surface area contributed by atoms with Crippen molar-refractivity contribution in [3.63, 3.8) is 0 Å². The molecule has 1 amide bonds. The first-order valence-electron chi connectivity index (χ1n) is 9.34.